The van der Waals surface area contributed by atoms with E-state index in [9.17, 15) is 9.59 Å². The number of hydrogen-bond acceptors (Lipinski definition) is 4. The van der Waals surface area contributed by atoms with Crippen molar-refractivity contribution < 1.29 is 9.59 Å². The number of carbonyl (C=O) groups is 2. The Kier molecular flexibility index (Phi) is 6.14. The Bertz CT molecular complexity index is 1280. The molecule has 4 nitrogen and oxygen atoms in total. The number of benzene rings is 2. The van der Waals surface area contributed by atoms with E-state index >= 15 is 0 Å². The number of fused-ring (bicyclic) bond motifs is 1. The molecule has 0 unspecified atom stereocenters. The fourth-order valence-corrected chi connectivity index (χ4v) is 6.07. The Hall–Kier alpha value is -3.18. The van der Waals surface area contributed by atoms with E-state index in [1.165, 1.54) is 11.1 Å². The molecule has 2 atom stereocenters. The van der Waals surface area contributed by atoms with Crippen LogP contribution in [0.1, 0.15) is 74.9 Å². The Labute approximate surface area is 211 Å². The van der Waals surface area contributed by atoms with Crippen molar-refractivity contribution in [2.75, 3.05) is 10.2 Å². The summed E-state index contributed by atoms with van der Waals surface area (Å²) in [6.45, 7) is 8.52. The highest BCUT2D eigenvalue weighted by molar-refractivity contribution is 7.10. The van der Waals surface area contributed by atoms with Crippen molar-refractivity contribution in [3.8, 4) is 0 Å². The fraction of sp³-hybridized carbons (Fsp3) is 0.333. The summed E-state index contributed by atoms with van der Waals surface area (Å²) in [5, 5.41) is 5.61. The molecule has 3 aromatic rings. The molecule has 0 spiro atoms. The summed E-state index contributed by atoms with van der Waals surface area (Å²) in [6, 6.07) is 20.3. The monoisotopic (exact) mass is 484 g/mol. The molecule has 5 rings (SSSR count). The number of nitrogens with zero attached hydrogens (tertiary/aromatic N) is 1. The standard InChI is InChI=1S/C30H32N2O2S/c1-5-27(34)32-24-10-7-6-9-22(24)31-23-17-20(19-12-14-21(15-13-19)30(2,3)4)18-25(33)28(23)29(32)26-11-8-16-35-26/h6-16,20,29,31H,5,17-18H2,1-4H3/t20-,29+/m1/s1. The maximum absolute atomic E-state index is 13.9. The van der Waals surface area contributed by atoms with Gasteiger partial charge < -0.3 is 5.32 Å². The second-order valence-electron chi connectivity index (χ2n) is 10.5. The third kappa shape index (κ3) is 4.34. The minimum atomic E-state index is -0.412. The average Bonchev–Trinajstić information content (AvgIpc) is 3.32. The summed E-state index contributed by atoms with van der Waals surface area (Å²) in [4.78, 5) is 30.1. The van der Waals surface area contributed by atoms with Crippen molar-refractivity contribution in [1.82, 2.24) is 0 Å². The van der Waals surface area contributed by atoms with Crippen molar-refractivity contribution in [3.05, 3.63) is 93.3 Å². The molecule has 1 aromatic heterocycles. The van der Waals surface area contributed by atoms with Gasteiger partial charge in [0.2, 0.25) is 5.91 Å². The van der Waals surface area contributed by atoms with Crippen molar-refractivity contribution in [1.29, 1.82) is 0 Å². The number of Topliss-reactive ketones (excluding diaryl/α,β-unsaturated/α-hetero) is 1. The van der Waals surface area contributed by atoms with Crippen molar-refractivity contribution in [2.24, 2.45) is 0 Å². The SMILES string of the molecule is CCC(=O)N1c2ccccc2NC2=C(C(=O)C[C@H](c3ccc(C(C)(C)C)cc3)C2)[C@@H]1c1cccs1. The van der Waals surface area contributed by atoms with E-state index in [2.05, 4.69) is 50.4 Å². The summed E-state index contributed by atoms with van der Waals surface area (Å²) < 4.78 is 0. The van der Waals surface area contributed by atoms with Crippen LogP contribution in [0.15, 0.2) is 77.3 Å². The van der Waals surface area contributed by atoms with Crippen LogP contribution in [0.25, 0.3) is 0 Å². The molecule has 180 valence electrons. The molecule has 0 saturated heterocycles. The van der Waals surface area contributed by atoms with Crippen LogP contribution in [-0.2, 0) is 15.0 Å². The number of amides is 1. The number of thiophene rings is 1. The van der Waals surface area contributed by atoms with Crippen LogP contribution in [-0.4, -0.2) is 11.7 Å². The van der Waals surface area contributed by atoms with Gasteiger partial charge in [-0.25, -0.2) is 0 Å². The normalized spacial score (nSPS) is 20.1. The summed E-state index contributed by atoms with van der Waals surface area (Å²) in [6.07, 6.45) is 1.55. The van der Waals surface area contributed by atoms with Crippen molar-refractivity contribution >= 4 is 34.4 Å². The van der Waals surface area contributed by atoms with Crippen LogP contribution < -0.4 is 10.2 Å². The van der Waals surface area contributed by atoms with E-state index in [0.717, 1.165) is 33.9 Å². The minimum Gasteiger partial charge on any atom is -0.357 e. The molecule has 2 aliphatic rings. The first kappa shape index (κ1) is 23.6. The zero-order chi connectivity index (χ0) is 24.7. The highest BCUT2D eigenvalue weighted by atomic mass is 32.1. The minimum absolute atomic E-state index is 0.0130. The van der Waals surface area contributed by atoms with Gasteiger partial charge in [0.15, 0.2) is 5.78 Å². The molecule has 0 radical (unpaired) electrons. The molecule has 35 heavy (non-hydrogen) atoms. The van der Waals surface area contributed by atoms with Gasteiger partial charge in [-0.05, 0) is 52.5 Å². The Morgan fingerprint density at radius 3 is 2.43 bits per heavy atom. The molecule has 0 saturated carbocycles. The molecule has 1 aliphatic heterocycles. The summed E-state index contributed by atoms with van der Waals surface area (Å²) >= 11 is 1.60. The lowest BCUT2D eigenvalue weighted by atomic mass is 9.78. The maximum atomic E-state index is 13.9. The molecule has 1 aliphatic carbocycles. The number of nitrogens with one attached hydrogen (secondary N) is 1. The van der Waals surface area contributed by atoms with Crippen LogP contribution in [0.5, 0.6) is 0 Å². The third-order valence-corrected chi connectivity index (χ3v) is 8.05. The first-order valence-electron chi connectivity index (χ1n) is 12.4. The number of anilines is 2. The van der Waals surface area contributed by atoms with Gasteiger partial charge in [0.1, 0.15) is 6.04 Å². The van der Waals surface area contributed by atoms with Gasteiger partial charge in [-0.2, -0.15) is 0 Å². The van der Waals surface area contributed by atoms with E-state index in [1.54, 1.807) is 11.3 Å². The molecular formula is C30H32N2O2S. The van der Waals surface area contributed by atoms with Crippen molar-refractivity contribution in [2.45, 2.75) is 64.3 Å². The number of carbonyl (C=O) groups excluding carboxylic acids is 2. The van der Waals surface area contributed by atoms with Gasteiger partial charge >= 0.3 is 0 Å². The van der Waals surface area contributed by atoms with Crippen LogP contribution in [0.4, 0.5) is 11.4 Å². The lowest BCUT2D eigenvalue weighted by molar-refractivity contribution is -0.118. The second kappa shape index (κ2) is 9.12. The highest BCUT2D eigenvalue weighted by Gasteiger charge is 2.41. The molecule has 2 heterocycles. The summed E-state index contributed by atoms with van der Waals surface area (Å²) in [7, 11) is 0. The number of allylic oxidation sites excluding steroid dienone is 1. The average molecular weight is 485 g/mol. The van der Waals surface area contributed by atoms with Crippen LogP contribution in [0.3, 0.4) is 0 Å². The molecular weight excluding hydrogens is 452 g/mol. The quantitative estimate of drug-likeness (QED) is 0.423. The molecule has 5 heteroatoms. The predicted molar refractivity (Wildman–Crippen MR) is 144 cm³/mol. The maximum Gasteiger partial charge on any atom is 0.227 e. The van der Waals surface area contributed by atoms with Crippen LogP contribution in [0.2, 0.25) is 0 Å². The largest absolute Gasteiger partial charge is 0.357 e. The van der Waals surface area contributed by atoms with E-state index in [1.807, 2.05) is 53.6 Å². The van der Waals surface area contributed by atoms with Gasteiger partial charge in [-0.15, -0.1) is 11.3 Å². The van der Waals surface area contributed by atoms with Crippen LogP contribution in [0, 0.1) is 0 Å². The zero-order valence-electron chi connectivity index (χ0n) is 20.8. The molecule has 1 amide bonds. The third-order valence-electron chi connectivity index (χ3n) is 7.12. The Balaban J connectivity index is 1.61. The second-order valence-corrected chi connectivity index (χ2v) is 11.4. The van der Waals surface area contributed by atoms with Gasteiger partial charge in [0.25, 0.3) is 0 Å². The van der Waals surface area contributed by atoms with E-state index in [0.29, 0.717) is 12.8 Å². The Morgan fingerprint density at radius 2 is 1.77 bits per heavy atom. The van der Waals surface area contributed by atoms with Gasteiger partial charge in [-0.1, -0.05) is 70.2 Å². The lowest BCUT2D eigenvalue weighted by Crippen LogP contribution is -2.37. The number of ketones is 1. The number of para-hydroxylation sites is 2. The summed E-state index contributed by atoms with van der Waals surface area (Å²) in [5.74, 6) is 0.232. The fourth-order valence-electron chi connectivity index (χ4n) is 5.24. The Morgan fingerprint density at radius 1 is 1.03 bits per heavy atom. The highest BCUT2D eigenvalue weighted by Crippen LogP contribution is 2.48. The molecule has 0 fully saturated rings. The first-order valence-corrected chi connectivity index (χ1v) is 13.2. The molecule has 1 N–H and O–H groups in total. The van der Waals surface area contributed by atoms with Gasteiger partial charge in [0, 0.05) is 29.0 Å². The van der Waals surface area contributed by atoms with E-state index in [4.69, 9.17) is 0 Å². The molecule has 2 aromatic carbocycles. The smallest absolute Gasteiger partial charge is 0.227 e. The number of rotatable bonds is 3. The van der Waals surface area contributed by atoms with Crippen molar-refractivity contribution in [3.63, 3.8) is 0 Å². The van der Waals surface area contributed by atoms with Gasteiger partial charge in [-0.3, -0.25) is 14.5 Å². The van der Waals surface area contributed by atoms with E-state index in [-0.39, 0.29) is 23.0 Å². The van der Waals surface area contributed by atoms with E-state index < -0.39 is 6.04 Å². The number of hydrogen-bond donors (Lipinski definition) is 1. The van der Waals surface area contributed by atoms with Crippen LogP contribution >= 0.6 is 11.3 Å². The predicted octanol–water partition coefficient (Wildman–Crippen LogP) is 7.36. The zero-order valence-corrected chi connectivity index (χ0v) is 21.6. The lowest BCUT2D eigenvalue weighted by Gasteiger charge is -2.34. The first-order chi connectivity index (χ1) is 16.8. The molecule has 0 bridgehead atoms. The summed E-state index contributed by atoms with van der Waals surface area (Å²) in [5.41, 5.74) is 5.93. The topological polar surface area (TPSA) is 49.4 Å². The van der Waals surface area contributed by atoms with Gasteiger partial charge in [0.05, 0.1) is 11.4 Å².